The fraction of sp³-hybridized carbons (Fsp3) is 0.471. The van der Waals surface area contributed by atoms with Gasteiger partial charge in [-0.3, -0.25) is 10.00 Å². The van der Waals surface area contributed by atoms with Crippen LogP contribution < -0.4 is 10.1 Å². The predicted molar refractivity (Wildman–Crippen MR) is 91.0 cm³/mol. The topological polar surface area (TPSA) is 72.3 Å². The average Bonchev–Trinajstić information content (AvgIpc) is 2.97. The van der Waals surface area contributed by atoms with Crippen LogP contribution in [0.2, 0.25) is 0 Å². The zero-order valence-corrected chi connectivity index (χ0v) is 14.4. The van der Waals surface area contributed by atoms with Gasteiger partial charge in [-0.1, -0.05) is 6.92 Å². The van der Waals surface area contributed by atoms with Crippen LogP contribution in [-0.2, 0) is 13.5 Å². The maximum absolute atomic E-state index is 13.7. The van der Waals surface area contributed by atoms with Crippen molar-refractivity contribution in [3.63, 3.8) is 0 Å². The number of anilines is 1. The third-order valence-corrected chi connectivity index (χ3v) is 4.20. The van der Waals surface area contributed by atoms with Crippen LogP contribution in [0.1, 0.15) is 25.5 Å². The third-order valence-electron chi connectivity index (χ3n) is 4.20. The Morgan fingerprint density at radius 1 is 1.52 bits per heavy atom. The highest BCUT2D eigenvalue weighted by Gasteiger charge is 2.26. The monoisotopic (exact) mass is 347 g/mol. The lowest BCUT2D eigenvalue weighted by atomic mass is 10.1. The third kappa shape index (κ3) is 4.07. The van der Waals surface area contributed by atoms with Gasteiger partial charge in [-0.2, -0.15) is 5.10 Å². The van der Waals surface area contributed by atoms with Crippen molar-refractivity contribution in [2.45, 2.75) is 32.3 Å². The minimum absolute atomic E-state index is 0.0195. The number of likely N-dealkylation sites (tertiary alicyclic amines) is 1. The number of aromatic nitrogens is 3. The summed E-state index contributed by atoms with van der Waals surface area (Å²) in [4.78, 5) is 18.1. The highest BCUT2D eigenvalue weighted by atomic mass is 19.1. The number of hydrogen-bond donors (Lipinski definition) is 1. The van der Waals surface area contributed by atoms with E-state index in [0.717, 1.165) is 25.0 Å². The molecule has 1 fully saturated rings. The summed E-state index contributed by atoms with van der Waals surface area (Å²) in [5.41, 5.74) is 0.920. The standard InChI is InChI=1S/C17H22FN5O2/c1-3-12-10-15(22(2)21-12)20-17(24)23-9-5-6-13(11-23)25-16-14(18)7-4-8-19-16/h4,7-8,10,13H,3,5-6,9,11H2,1-2H3,(H,20,24)/t13-/m1/s1. The summed E-state index contributed by atoms with van der Waals surface area (Å²) >= 11 is 0. The molecule has 1 N–H and O–H groups in total. The van der Waals surface area contributed by atoms with Crippen molar-refractivity contribution in [3.8, 4) is 5.88 Å². The molecule has 3 rings (SSSR count). The summed E-state index contributed by atoms with van der Waals surface area (Å²) in [6, 6.07) is 4.48. The van der Waals surface area contributed by atoms with Crippen molar-refractivity contribution < 1.29 is 13.9 Å². The van der Waals surface area contributed by atoms with Crippen LogP contribution in [-0.4, -0.2) is 44.9 Å². The van der Waals surface area contributed by atoms with Crippen molar-refractivity contribution in [2.24, 2.45) is 7.05 Å². The van der Waals surface area contributed by atoms with Crippen LogP contribution in [0.4, 0.5) is 15.0 Å². The summed E-state index contributed by atoms with van der Waals surface area (Å²) in [7, 11) is 1.79. The van der Waals surface area contributed by atoms with Crippen molar-refractivity contribution in [1.82, 2.24) is 19.7 Å². The summed E-state index contributed by atoms with van der Waals surface area (Å²) in [6.07, 6.45) is 3.56. The Labute approximate surface area is 145 Å². The SMILES string of the molecule is CCc1cc(NC(=O)N2CCC[C@@H](Oc3ncccc3F)C2)n(C)n1. The van der Waals surface area contributed by atoms with E-state index in [1.807, 2.05) is 13.0 Å². The van der Waals surface area contributed by atoms with E-state index in [1.165, 1.54) is 18.3 Å². The van der Waals surface area contributed by atoms with Gasteiger partial charge in [0.1, 0.15) is 11.9 Å². The molecule has 1 aliphatic heterocycles. The van der Waals surface area contributed by atoms with Crippen LogP contribution in [0.15, 0.2) is 24.4 Å². The van der Waals surface area contributed by atoms with Gasteiger partial charge in [0.25, 0.3) is 5.88 Å². The second-order valence-corrected chi connectivity index (χ2v) is 6.05. The number of ether oxygens (including phenoxy) is 1. The molecule has 2 aromatic rings. The normalized spacial score (nSPS) is 17.4. The van der Waals surface area contributed by atoms with Gasteiger partial charge < -0.3 is 9.64 Å². The molecule has 8 heteroatoms. The molecule has 0 aliphatic carbocycles. The molecule has 1 saturated heterocycles. The van der Waals surface area contributed by atoms with E-state index in [1.54, 1.807) is 16.6 Å². The van der Waals surface area contributed by atoms with Crippen molar-refractivity contribution in [2.75, 3.05) is 18.4 Å². The van der Waals surface area contributed by atoms with Crippen LogP contribution in [0.3, 0.4) is 0 Å². The first-order valence-electron chi connectivity index (χ1n) is 8.43. The molecule has 0 spiro atoms. The zero-order valence-electron chi connectivity index (χ0n) is 14.4. The van der Waals surface area contributed by atoms with Gasteiger partial charge >= 0.3 is 6.03 Å². The quantitative estimate of drug-likeness (QED) is 0.923. The first kappa shape index (κ1) is 17.2. The van der Waals surface area contributed by atoms with Crippen molar-refractivity contribution >= 4 is 11.8 Å². The first-order valence-corrected chi connectivity index (χ1v) is 8.43. The molecule has 0 aromatic carbocycles. The van der Waals surface area contributed by atoms with E-state index in [0.29, 0.717) is 18.9 Å². The molecule has 2 aromatic heterocycles. The lowest BCUT2D eigenvalue weighted by Crippen LogP contribution is -2.46. The number of hydrogen-bond acceptors (Lipinski definition) is 4. The Balaban J connectivity index is 1.61. The minimum Gasteiger partial charge on any atom is -0.470 e. The van der Waals surface area contributed by atoms with Gasteiger partial charge in [-0.25, -0.2) is 14.2 Å². The largest absolute Gasteiger partial charge is 0.470 e. The predicted octanol–water partition coefficient (Wildman–Crippen LogP) is 2.59. The fourth-order valence-corrected chi connectivity index (χ4v) is 2.84. The van der Waals surface area contributed by atoms with Gasteiger partial charge in [0.2, 0.25) is 0 Å². The van der Waals surface area contributed by atoms with Gasteiger partial charge in [-0.05, 0) is 31.4 Å². The van der Waals surface area contributed by atoms with E-state index in [2.05, 4.69) is 15.4 Å². The summed E-state index contributed by atoms with van der Waals surface area (Å²) < 4.78 is 21.0. The zero-order chi connectivity index (χ0) is 17.8. The maximum Gasteiger partial charge on any atom is 0.323 e. The number of carbonyl (C=O) groups excluding carboxylic acids is 1. The van der Waals surface area contributed by atoms with E-state index < -0.39 is 5.82 Å². The van der Waals surface area contributed by atoms with Gasteiger partial charge in [0.05, 0.1) is 12.2 Å². The molecular formula is C17H22FN5O2. The lowest BCUT2D eigenvalue weighted by Gasteiger charge is -2.32. The summed E-state index contributed by atoms with van der Waals surface area (Å²) in [5.74, 6) is 0.140. The molecule has 0 unspecified atom stereocenters. The Morgan fingerprint density at radius 2 is 2.36 bits per heavy atom. The number of nitrogens with zero attached hydrogens (tertiary/aromatic N) is 4. The smallest absolute Gasteiger partial charge is 0.323 e. The second kappa shape index (κ2) is 7.50. The Morgan fingerprint density at radius 3 is 3.08 bits per heavy atom. The number of halogens is 1. The average molecular weight is 347 g/mol. The van der Waals surface area contributed by atoms with Crippen LogP contribution in [0, 0.1) is 5.82 Å². The molecule has 1 atom stereocenters. The van der Waals surface area contributed by atoms with E-state index >= 15 is 0 Å². The number of piperidine rings is 1. The first-order chi connectivity index (χ1) is 12.1. The summed E-state index contributed by atoms with van der Waals surface area (Å²) in [6.45, 7) is 3.03. The Bertz CT molecular complexity index is 748. The molecule has 134 valence electrons. The number of aryl methyl sites for hydroxylation is 2. The number of nitrogens with one attached hydrogen (secondary N) is 1. The molecule has 1 aliphatic rings. The van der Waals surface area contributed by atoms with Crippen LogP contribution in [0.5, 0.6) is 5.88 Å². The van der Waals surface area contributed by atoms with Crippen molar-refractivity contribution in [3.05, 3.63) is 35.9 Å². The lowest BCUT2D eigenvalue weighted by molar-refractivity contribution is 0.0986. The molecule has 0 radical (unpaired) electrons. The molecule has 7 nitrogen and oxygen atoms in total. The fourth-order valence-electron chi connectivity index (χ4n) is 2.84. The Kier molecular flexibility index (Phi) is 5.16. The molecule has 3 heterocycles. The number of carbonyl (C=O) groups is 1. The van der Waals surface area contributed by atoms with Gasteiger partial charge in [-0.15, -0.1) is 0 Å². The number of urea groups is 1. The van der Waals surface area contributed by atoms with E-state index in [-0.39, 0.29) is 18.0 Å². The molecule has 25 heavy (non-hydrogen) atoms. The molecular weight excluding hydrogens is 325 g/mol. The highest BCUT2D eigenvalue weighted by Crippen LogP contribution is 2.20. The Hall–Kier alpha value is -2.64. The van der Waals surface area contributed by atoms with Gasteiger partial charge in [0, 0.05) is 25.9 Å². The molecule has 0 bridgehead atoms. The van der Waals surface area contributed by atoms with Crippen molar-refractivity contribution in [1.29, 1.82) is 0 Å². The highest BCUT2D eigenvalue weighted by molar-refractivity contribution is 5.88. The second-order valence-electron chi connectivity index (χ2n) is 6.05. The minimum atomic E-state index is -0.494. The number of amides is 2. The van der Waals surface area contributed by atoms with Crippen LogP contribution >= 0.6 is 0 Å². The molecule has 2 amide bonds. The van der Waals surface area contributed by atoms with E-state index in [9.17, 15) is 9.18 Å². The number of pyridine rings is 1. The van der Waals surface area contributed by atoms with Crippen LogP contribution in [0.25, 0.3) is 0 Å². The summed E-state index contributed by atoms with van der Waals surface area (Å²) in [5, 5.41) is 7.19. The van der Waals surface area contributed by atoms with Gasteiger partial charge in [0.15, 0.2) is 5.82 Å². The van der Waals surface area contributed by atoms with E-state index in [4.69, 9.17) is 4.74 Å². The number of rotatable bonds is 4. The molecule has 0 saturated carbocycles. The maximum atomic E-state index is 13.7.